The third-order valence-corrected chi connectivity index (χ3v) is 3.70. The summed E-state index contributed by atoms with van der Waals surface area (Å²) in [7, 11) is 2.65. The number of halogens is 1. The van der Waals surface area contributed by atoms with Gasteiger partial charge in [-0.3, -0.25) is 18.7 Å². The summed E-state index contributed by atoms with van der Waals surface area (Å²) in [5, 5.41) is 5.17. The normalized spacial score (nSPS) is 10.0. The van der Waals surface area contributed by atoms with Crippen molar-refractivity contribution in [1.29, 1.82) is 0 Å². The quantitative estimate of drug-likeness (QED) is 0.717. The molecule has 0 atom stereocenters. The SMILES string of the molecule is CC.Cc1ccc(Nc2c(C(=O)NCCN)c(=O)n(C)c(=O)n2C)c(F)c1. The summed E-state index contributed by atoms with van der Waals surface area (Å²) < 4.78 is 16.0. The summed E-state index contributed by atoms with van der Waals surface area (Å²) in [6, 6.07) is 4.43. The van der Waals surface area contributed by atoms with Gasteiger partial charge in [0.05, 0.1) is 5.69 Å². The van der Waals surface area contributed by atoms with E-state index in [0.29, 0.717) is 5.56 Å². The van der Waals surface area contributed by atoms with Gasteiger partial charge in [-0.1, -0.05) is 19.9 Å². The number of rotatable bonds is 5. The van der Waals surface area contributed by atoms with E-state index in [1.807, 2.05) is 13.8 Å². The fourth-order valence-corrected chi connectivity index (χ4v) is 2.32. The molecule has 1 aromatic carbocycles. The zero-order valence-corrected chi connectivity index (χ0v) is 16.2. The van der Waals surface area contributed by atoms with E-state index in [1.165, 1.54) is 26.2 Å². The lowest BCUT2D eigenvalue weighted by atomic mass is 10.2. The number of anilines is 2. The lowest BCUT2D eigenvalue weighted by Gasteiger charge is -2.17. The lowest BCUT2D eigenvalue weighted by molar-refractivity contribution is 0.0952. The molecule has 1 aromatic heterocycles. The minimum Gasteiger partial charge on any atom is -0.350 e. The van der Waals surface area contributed by atoms with Crippen LogP contribution in [0.15, 0.2) is 27.8 Å². The van der Waals surface area contributed by atoms with Crippen molar-refractivity contribution in [3.63, 3.8) is 0 Å². The summed E-state index contributed by atoms with van der Waals surface area (Å²) >= 11 is 0. The van der Waals surface area contributed by atoms with Gasteiger partial charge in [-0.2, -0.15) is 0 Å². The largest absolute Gasteiger partial charge is 0.350 e. The van der Waals surface area contributed by atoms with Gasteiger partial charge in [0.15, 0.2) is 0 Å². The first kappa shape index (κ1) is 22.1. The standard InChI is InChI=1S/C16H20FN5O3.C2H6/c1-9-4-5-11(10(17)8-9)20-13-12(14(23)19-7-6-18)15(24)22(3)16(25)21(13)2;1-2/h4-5,8,20H,6-7,18H2,1-3H3,(H,19,23);1-2H3. The van der Waals surface area contributed by atoms with Crippen molar-refractivity contribution in [3.8, 4) is 0 Å². The number of aromatic nitrogens is 2. The summed E-state index contributed by atoms with van der Waals surface area (Å²) in [5.74, 6) is -1.36. The number of hydrogen-bond donors (Lipinski definition) is 3. The van der Waals surface area contributed by atoms with E-state index in [9.17, 15) is 18.8 Å². The Kier molecular flexibility index (Phi) is 7.92. The Hall–Kier alpha value is -2.94. The van der Waals surface area contributed by atoms with Crippen LogP contribution in [0, 0.1) is 12.7 Å². The molecule has 0 saturated carbocycles. The lowest BCUT2D eigenvalue weighted by Crippen LogP contribution is -2.44. The van der Waals surface area contributed by atoms with E-state index < -0.39 is 23.0 Å². The topological polar surface area (TPSA) is 111 Å². The Morgan fingerprint density at radius 2 is 1.81 bits per heavy atom. The highest BCUT2D eigenvalue weighted by Gasteiger charge is 2.22. The number of carbonyl (C=O) groups excluding carboxylic acids is 1. The van der Waals surface area contributed by atoms with Gasteiger partial charge in [0.2, 0.25) is 0 Å². The summed E-state index contributed by atoms with van der Waals surface area (Å²) in [5.41, 5.74) is 4.39. The molecule has 0 bridgehead atoms. The van der Waals surface area contributed by atoms with Crippen LogP contribution in [-0.2, 0) is 14.1 Å². The van der Waals surface area contributed by atoms with Crippen LogP contribution in [0.4, 0.5) is 15.9 Å². The van der Waals surface area contributed by atoms with Crippen LogP contribution in [0.1, 0.15) is 29.8 Å². The number of benzene rings is 1. The molecule has 1 heterocycles. The highest BCUT2D eigenvalue weighted by atomic mass is 19.1. The molecule has 4 N–H and O–H groups in total. The molecular formula is C18H26FN5O3. The van der Waals surface area contributed by atoms with E-state index in [1.54, 1.807) is 13.0 Å². The van der Waals surface area contributed by atoms with E-state index in [2.05, 4.69) is 10.6 Å². The van der Waals surface area contributed by atoms with Gasteiger partial charge in [-0.05, 0) is 24.6 Å². The molecule has 2 aromatic rings. The number of nitrogens with two attached hydrogens (primary N) is 1. The fourth-order valence-electron chi connectivity index (χ4n) is 2.32. The van der Waals surface area contributed by atoms with Crippen LogP contribution in [0.25, 0.3) is 0 Å². The van der Waals surface area contributed by atoms with Gasteiger partial charge in [-0.15, -0.1) is 0 Å². The maximum Gasteiger partial charge on any atom is 0.332 e. The van der Waals surface area contributed by atoms with Gasteiger partial charge in [0.25, 0.3) is 11.5 Å². The Morgan fingerprint density at radius 3 is 2.37 bits per heavy atom. The molecule has 0 fully saturated rings. The summed E-state index contributed by atoms with van der Waals surface area (Å²) in [6.07, 6.45) is 0. The highest BCUT2D eigenvalue weighted by molar-refractivity contribution is 5.99. The molecule has 148 valence electrons. The molecule has 0 saturated heterocycles. The number of nitrogens with zero attached hydrogens (tertiary/aromatic N) is 2. The third-order valence-electron chi connectivity index (χ3n) is 3.70. The van der Waals surface area contributed by atoms with Crippen LogP contribution in [0.3, 0.4) is 0 Å². The average Bonchev–Trinajstić information content (AvgIpc) is 2.66. The molecule has 2 rings (SSSR count). The summed E-state index contributed by atoms with van der Waals surface area (Å²) in [4.78, 5) is 37.0. The van der Waals surface area contributed by atoms with Gasteiger partial charge >= 0.3 is 5.69 Å². The molecule has 0 radical (unpaired) electrons. The fraction of sp³-hybridized carbons (Fsp3) is 0.389. The number of hydrogen-bond acceptors (Lipinski definition) is 5. The zero-order chi connectivity index (χ0) is 20.7. The van der Waals surface area contributed by atoms with Crippen molar-refractivity contribution < 1.29 is 9.18 Å². The number of carbonyl (C=O) groups is 1. The molecule has 8 nitrogen and oxygen atoms in total. The maximum atomic E-state index is 14.1. The highest BCUT2D eigenvalue weighted by Crippen LogP contribution is 2.21. The van der Waals surface area contributed by atoms with Crippen LogP contribution < -0.4 is 27.6 Å². The van der Waals surface area contributed by atoms with E-state index >= 15 is 0 Å². The van der Waals surface area contributed by atoms with Gasteiger partial charge < -0.3 is 16.4 Å². The molecule has 27 heavy (non-hydrogen) atoms. The Morgan fingerprint density at radius 1 is 1.19 bits per heavy atom. The van der Waals surface area contributed by atoms with Crippen LogP contribution in [0.5, 0.6) is 0 Å². The van der Waals surface area contributed by atoms with Crippen molar-refractivity contribution in [1.82, 2.24) is 14.5 Å². The zero-order valence-electron chi connectivity index (χ0n) is 16.2. The van der Waals surface area contributed by atoms with Crippen molar-refractivity contribution in [2.24, 2.45) is 19.8 Å². The van der Waals surface area contributed by atoms with E-state index in [-0.39, 0.29) is 30.2 Å². The van der Waals surface area contributed by atoms with E-state index in [4.69, 9.17) is 5.73 Å². The second-order valence-electron chi connectivity index (χ2n) is 5.58. The number of nitrogens with one attached hydrogen (secondary N) is 2. The molecule has 0 unspecified atom stereocenters. The van der Waals surface area contributed by atoms with Crippen LogP contribution in [-0.4, -0.2) is 28.1 Å². The molecule has 0 spiro atoms. The van der Waals surface area contributed by atoms with Crippen molar-refractivity contribution in [3.05, 3.63) is 56.0 Å². The maximum absolute atomic E-state index is 14.1. The number of aryl methyl sites for hydroxylation is 1. The Bertz CT molecular complexity index is 934. The Labute approximate surface area is 156 Å². The van der Waals surface area contributed by atoms with Crippen molar-refractivity contribution in [2.45, 2.75) is 20.8 Å². The minimum absolute atomic E-state index is 0.0433. The monoisotopic (exact) mass is 379 g/mol. The van der Waals surface area contributed by atoms with Crippen LogP contribution >= 0.6 is 0 Å². The van der Waals surface area contributed by atoms with E-state index in [0.717, 1.165) is 9.13 Å². The number of amides is 1. The predicted octanol–water partition coefficient (Wildman–Crippen LogP) is 0.990. The second kappa shape index (κ2) is 9.67. The third kappa shape index (κ3) is 4.82. The van der Waals surface area contributed by atoms with Gasteiger partial charge in [0.1, 0.15) is 17.2 Å². The molecule has 9 heteroatoms. The minimum atomic E-state index is -0.785. The predicted molar refractivity (Wildman–Crippen MR) is 104 cm³/mol. The first-order valence-corrected chi connectivity index (χ1v) is 8.59. The summed E-state index contributed by atoms with van der Waals surface area (Å²) in [6.45, 7) is 6.07. The molecule has 0 aliphatic heterocycles. The molecule has 0 aliphatic carbocycles. The molecular weight excluding hydrogens is 353 g/mol. The van der Waals surface area contributed by atoms with Crippen LogP contribution in [0.2, 0.25) is 0 Å². The second-order valence-corrected chi connectivity index (χ2v) is 5.58. The smallest absolute Gasteiger partial charge is 0.332 e. The Balaban J connectivity index is 0.00000176. The van der Waals surface area contributed by atoms with Crippen molar-refractivity contribution >= 4 is 17.4 Å². The van der Waals surface area contributed by atoms with Crippen molar-refractivity contribution in [2.75, 3.05) is 18.4 Å². The molecule has 1 amide bonds. The first-order chi connectivity index (χ1) is 12.8. The van der Waals surface area contributed by atoms with Gasteiger partial charge in [-0.25, -0.2) is 9.18 Å². The average molecular weight is 379 g/mol. The molecule has 0 aliphatic rings. The first-order valence-electron chi connectivity index (χ1n) is 8.59. The van der Waals surface area contributed by atoms with Gasteiger partial charge in [0, 0.05) is 27.2 Å².